The summed E-state index contributed by atoms with van der Waals surface area (Å²) >= 11 is 0. The van der Waals surface area contributed by atoms with Crippen LogP contribution >= 0.6 is 0 Å². The average Bonchev–Trinajstić information content (AvgIpc) is 2.94. The van der Waals surface area contributed by atoms with Crippen molar-refractivity contribution in [2.45, 2.75) is 84.6 Å². The zero-order chi connectivity index (χ0) is 36.0. The second-order valence-corrected chi connectivity index (χ2v) is 13.8. The maximum absolute atomic E-state index is 13.1. The van der Waals surface area contributed by atoms with Crippen LogP contribution in [0.5, 0.6) is 0 Å². The van der Waals surface area contributed by atoms with Crippen molar-refractivity contribution in [3.8, 4) is 5.69 Å². The van der Waals surface area contributed by atoms with Crippen LogP contribution in [0.3, 0.4) is 0 Å². The number of alkyl carbamates (subject to hydrolysis) is 2. The summed E-state index contributed by atoms with van der Waals surface area (Å²) < 4.78 is 11.7. The number of urea groups is 1. The number of ether oxygens (including phenoxy) is 2. The minimum Gasteiger partial charge on any atom is -0.480 e. The van der Waals surface area contributed by atoms with E-state index in [9.17, 15) is 33.9 Å². The van der Waals surface area contributed by atoms with E-state index in [4.69, 9.17) is 9.47 Å². The van der Waals surface area contributed by atoms with E-state index in [1.54, 1.807) is 84.6 Å². The Bertz CT molecular complexity index is 1570. The van der Waals surface area contributed by atoms with Crippen LogP contribution in [-0.4, -0.2) is 104 Å². The maximum atomic E-state index is 13.1. The van der Waals surface area contributed by atoms with Crippen molar-refractivity contribution < 1.29 is 38.6 Å². The number of carboxylic acids is 1. The molecular weight excluding hydrogens is 626 g/mol. The van der Waals surface area contributed by atoms with Crippen molar-refractivity contribution in [2.24, 2.45) is 0 Å². The van der Waals surface area contributed by atoms with Gasteiger partial charge in [0.05, 0.1) is 5.69 Å². The van der Waals surface area contributed by atoms with E-state index in [0.29, 0.717) is 11.3 Å². The summed E-state index contributed by atoms with van der Waals surface area (Å²) in [5.41, 5.74) is -2.34. The molecule has 1 unspecified atom stereocenters. The number of hydrogen-bond acceptors (Lipinski definition) is 9. The van der Waals surface area contributed by atoms with Gasteiger partial charge in [-0.2, -0.15) is 4.98 Å². The van der Waals surface area contributed by atoms with Gasteiger partial charge in [0.2, 0.25) is 5.91 Å². The molecule has 16 nitrogen and oxygen atoms in total. The smallest absolute Gasteiger partial charge is 0.408 e. The first-order valence-corrected chi connectivity index (χ1v) is 15.4. The van der Waals surface area contributed by atoms with Crippen LogP contribution in [0.15, 0.2) is 41.3 Å². The maximum Gasteiger partial charge on any atom is 0.408 e. The van der Waals surface area contributed by atoms with Gasteiger partial charge in [-0.25, -0.2) is 24.0 Å². The molecule has 0 bridgehead atoms. The first-order valence-electron chi connectivity index (χ1n) is 15.4. The molecule has 0 spiro atoms. The second kappa shape index (κ2) is 14.7. The summed E-state index contributed by atoms with van der Waals surface area (Å²) in [5, 5.41) is 17.1. The molecule has 0 radical (unpaired) electrons. The molecule has 3 rings (SSSR count). The van der Waals surface area contributed by atoms with Gasteiger partial charge >= 0.3 is 29.9 Å². The quantitative estimate of drug-likeness (QED) is 0.323. The number of benzene rings is 1. The highest BCUT2D eigenvalue weighted by Crippen LogP contribution is 2.16. The van der Waals surface area contributed by atoms with E-state index >= 15 is 0 Å². The Morgan fingerprint density at radius 2 is 1.38 bits per heavy atom. The summed E-state index contributed by atoms with van der Waals surface area (Å²) in [7, 11) is 0. The number of nitrogens with zero attached hydrogens (tertiary/aromatic N) is 4. The molecule has 1 saturated heterocycles. The van der Waals surface area contributed by atoms with Crippen molar-refractivity contribution in [1.82, 2.24) is 30.0 Å². The topological polar surface area (TPSA) is 201 Å². The average molecular weight is 672 g/mol. The third kappa shape index (κ3) is 11.0. The van der Waals surface area contributed by atoms with Gasteiger partial charge in [-0.1, -0.05) is 12.1 Å². The van der Waals surface area contributed by atoms with E-state index < -0.39 is 52.7 Å². The lowest BCUT2D eigenvalue weighted by molar-refractivity contribution is -0.139. The number of amides is 5. The Kier molecular flexibility index (Phi) is 11.5. The van der Waals surface area contributed by atoms with Crippen molar-refractivity contribution in [2.75, 3.05) is 31.5 Å². The highest BCUT2D eigenvalue weighted by atomic mass is 16.6. The molecule has 2 heterocycles. The second-order valence-electron chi connectivity index (χ2n) is 13.8. The number of carboxylic acid groups (broad SMARTS) is 1. The zero-order valence-corrected chi connectivity index (χ0v) is 28.6. The van der Waals surface area contributed by atoms with Crippen molar-refractivity contribution >= 4 is 35.9 Å². The third-order valence-electron chi connectivity index (χ3n) is 6.88. The Balaban J connectivity index is 1.56. The van der Waals surface area contributed by atoms with Gasteiger partial charge in [0, 0.05) is 38.8 Å². The number of piperazine rings is 1. The molecule has 4 N–H and O–H groups in total. The van der Waals surface area contributed by atoms with Gasteiger partial charge in [0.1, 0.15) is 28.6 Å². The van der Waals surface area contributed by atoms with Crippen LogP contribution in [0.1, 0.15) is 61.0 Å². The molecule has 16 heteroatoms. The van der Waals surface area contributed by atoms with Crippen LogP contribution in [-0.2, 0) is 25.5 Å². The summed E-state index contributed by atoms with van der Waals surface area (Å²) in [6.45, 7) is 14.3. The molecule has 1 aromatic heterocycles. The van der Waals surface area contributed by atoms with Gasteiger partial charge in [0.25, 0.3) is 0 Å². The lowest BCUT2D eigenvalue weighted by atomic mass is 10.0. The van der Waals surface area contributed by atoms with Gasteiger partial charge in [-0.15, -0.1) is 0 Å². The fourth-order valence-corrected chi connectivity index (χ4v) is 4.66. The number of hydrogen-bond donors (Lipinski definition) is 4. The van der Waals surface area contributed by atoms with Gasteiger partial charge < -0.3 is 35.0 Å². The van der Waals surface area contributed by atoms with Crippen LogP contribution in [0.4, 0.5) is 20.2 Å². The van der Waals surface area contributed by atoms with Crippen LogP contribution in [0.25, 0.3) is 5.69 Å². The van der Waals surface area contributed by atoms with E-state index in [0.717, 1.165) is 0 Å². The lowest BCUT2D eigenvalue weighted by Gasteiger charge is -2.38. The Morgan fingerprint density at radius 1 is 0.833 bits per heavy atom. The molecule has 262 valence electrons. The van der Waals surface area contributed by atoms with Gasteiger partial charge in [-0.05, 0) is 79.2 Å². The fourth-order valence-electron chi connectivity index (χ4n) is 4.66. The molecule has 1 fully saturated rings. The third-order valence-corrected chi connectivity index (χ3v) is 6.88. The predicted octanol–water partition coefficient (Wildman–Crippen LogP) is 2.73. The SMILES string of the molecule is CC(C)(C)OC(=O)NC(Cc1ccc(-n2ccc(NC(=O)N3CCN(C(=O)C(C)(C)NC(=O)OC(C)(C)C)CC3)nc2=O)cc1)C(=O)O. The molecule has 0 saturated carbocycles. The monoisotopic (exact) mass is 671 g/mol. The number of rotatable bonds is 8. The fraction of sp³-hybridized carbons (Fsp3) is 0.531. The van der Waals surface area contributed by atoms with E-state index in [2.05, 4.69) is 20.9 Å². The molecule has 1 aliphatic heterocycles. The Morgan fingerprint density at radius 3 is 1.90 bits per heavy atom. The standard InChI is InChI=1S/C32H45N7O9/c1-30(2,3)47-28(45)33-22(24(40)41)19-20-9-11-21(12-10-20)39-14-13-23(35-27(39)44)34-26(43)38-17-15-37(16-18-38)25(42)32(7,8)36-29(46)48-31(4,5)6/h9-14,22H,15-19H2,1-8H3,(H,33,45)(H,36,46)(H,40,41)(H,34,35,43,44). The van der Waals surface area contributed by atoms with E-state index in [1.807, 2.05) is 0 Å². The number of aliphatic carboxylic acids is 1. The molecule has 0 aliphatic carbocycles. The summed E-state index contributed by atoms with van der Waals surface area (Å²) in [6, 6.07) is 6.21. The van der Waals surface area contributed by atoms with E-state index in [1.165, 1.54) is 21.7 Å². The van der Waals surface area contributed by atoms with Crippen LogP contribution in [0, 0.1) is 0 Å². The van der Waals surface area contributed by atoms with Gasteiger partial charge in [0.15, 0.2) is 0 Å². The summed E-state index contributed by atoms with van der Waals surface area (Å²) in [6.07, 6.45) is -0.123. The number of nitrogens with one attached hydrogen (secondary N) is 3. The van der Waals surface area contributed by atoms with Crippen molar-refractivity contribution in [3.63, 3.8) is 0 Å². The Hall–Kier alpha value is -5.15. The first kappa shape index (κ1) is 37.3. The largest absolute Gasteiger partial charge is 0.480 e. The summed E-state index contributed by atoms with van der Waals surface area (Å²) in [4.78, 5) is 81.8. The van der Waals surface area contributed by atoms with Crippen LogP contribution in [0.2, 0.25) is 0 Å². The normalized spacial score (nSPS) is 14.4. The highest BCUT2D eigenvalue weighted by molar-refractivity contribution is 5.90. The molecule has 1 atom stereocenters. The molecular formula is C32H45N7O9. The number of carbonyl (C=O) groups excluding carboxylic acids is 4. The highest BCUT2D eigenvalue weighted by Gasteiger charge is 2.37. The minimum absolute atomic E-state index is 0.0177. The minimum atomic E-state index is -1.23. The predicted molar refractivity (Wildman–Crippen MR) is 175 cm³/mol. The summed E-state index contributed by atoms with van der Waals surface area (Å²) in [5.74, 6) is -1.50. The Labute approximate surface area is 278 Å². The molecule has 48 heavy (non-hydrogen) atoms. The van der Waals surface area contributed by atoms with Gasteiger partial charge in [-0.3, -0.25) is 14.7 Å². The molecule has 5 amide bonds. The van der Waals surface area contributed by atoms with Crippen LogP contribution < -0.4 is 21.6 Å². The van der Waals surface area contributed by atoms with Crippen molar-refractivity contribution in [1.29, 1.82) is 0 Å². The molecule has 1 aliphatic rings. The molecule has 1 aromatic carbocycles. The number of carbonyl (C=O) groups is 5. The zero-order valence-electron chi connectivity index (χ0n) is 28.6. The van der Waals surface area contributed by atoms with E-state index in [-0.39, 0.29) is 44.3 Å². The number of aromatic nitrogens is 2. The number of anilines is 1. The van der Waals surface area contributed by atoms with Crippen molar-refractivity contribution in [3.05, 3.63) is 52.6 Å². The lowest BCUT2D eigenvalue weighted by Crippen LogP contribution is -2.60. The first-order chi connectivity index (χ1) is 22.1. The molecule has 2 aromatic rings.